The van der Waals surface area contributed by atoms with Crippen LogP contribution in [0.25, 0.3) is 0 Å². The largest absolute Gasteiger partial charge is 0.465 e. The van der Waals surface area contributed by atoms with Crippen molar-refractivity contribution in [2.24, 2.45) is 0 Å². The van der Waals surface area contributed by atoms with E-state index in [0.717, 1.165) is 17.5 Å². The summed E-state index contributed by atoms with van der Waals surface area (Å²) in [6.45, 7) is 2.25. The van der Waals surface area contributed by atoms with Gasteiger partial charge in [0.25, 0.3) is 0 Å². The van der Waals surface area contributed by atoms with Gasteiger partial charge in [-0.3, -0.25) is 0 Å². The predicted octanol–water partition coefficient (Wildman–Crippen LogP) is 3.53. The van der Waals surface area contributed by atoms with Crippen LogP contribution in [-0.4, -0.2) is 31.8 Å². The lowest BCUT2D eigenvalue weighted by Gasteiger charge is -2.37. The highest BCUT2D eigenvalue weighted by Gasteiger charge is 2.40. The fraction of sp³-hybridized carbons (Fsp3) is 0.350. The molecule has 0 N–H and O–H groups in total. The minimum absolute atomic E-state index is 0.0553. The standard InChI is InChI=1S/C20H23NO4S/c1-15-8-13-19(17-6-4-3-5-7-17)26(23,24)21(15)14-16-9-11-18(12-10-16)20(22)25-2/h3-7,9-12,15,19H,8,13-14H2,1-2H3/t15?,19-/m0/s1. The predicted molar refractivity (Wildman–Crippen MR) is 100 cm³/mol. The molecule has 0 bridgehead atoms. The van der Waals surface area contributed by atoms with E-state index in [1.807, 2.05) is 37.3 Å². The van der Waals surface area contributed by atoms with Crippen molar-refractivity contribution in [3.05, 3.63) is 71.3 Å². The number of esters is 1. The van der Waals surface area contributed by atoms with Crippen LogP contribution in [0.3, 0.4) is 0 Å². The van der Waals surface area contributed by atoms with Gasteiger partial charge in [-0.25, -0.2) is 13.2 Å². The Balaban J connectivity index is 1.84. The quantitative estimate of drug-likeness (QED) is 0.769. The Labute approximate surface area is 154 Å². The minimum atomic E-state index is -3.45. The van der Waals surface area contributed by atoms with Gasteiger partial charge in [-0.15, -0.1) is 0 Å². The molecule has 1 saturated heterocycles. The number of carbonyl (C=O) groups excluding carboxylic acids is 1. The topological polar surface area (TPSA) is 63.7 Å². The molecule has 26 heavy (non-hydrogen) atoms. The van der Waals surface area contributed by atoms with E-state index >= 15 is 0 Å². The zero-order valence-corrected chi connectivity index (χ0v) is 15.8. The Bertz CT molecular complexity index is 862. The first-order chi connectivity index (χ1) is 12.4. The maximum atomic E-state index is 13.2. The van der Waals surface area contributed by atoms with E-state index < -0.39 is 21.2 Å². The van der Waals surface area contributed by atoms with Crippen LogP contribution in [-0.2, 0) is 21.3 Å². The maximum absolute atomic E-state index is 13.2. The van der Waals surface area contributed by atoms with Gasteiger partial charge in [0.15, 0.2) is 0 Å². The molecule has 0 amide bonds. The van der Waals surface area contributed by atoms with Gasteiger partial charge in [0.2, 0.25) is 10.0 Å². The van der Waals surface area contributed by atoms with Gasteiger partial charge in [0, 0.05) is 12.6 Å². The minimum Gasteiger partial charge on any atom is -0.465 e. The fourth-order valence-corrected chi connectivity index (χ4v) is 5.59. The molecule has 0 saturated carbocycles. The van der Waals surface area contributed by atoms with Gasteiger partial charge in [0.05, 0.1) is 12.7 Å². The number of rotatable bonds is 4. The number of sulfonamides is 1. The molecule has 5 nitrogen and oxygen atoms in total. The summed E-state index contributed by atoms with van der Waals surface area (Å²) >= 11 is 0. The second kappa shape index (κ2) is 7.60. The second-order valence-corrected chi connectivity index (χ2v) is 8.67. The van der Waals surface area contributed by atoms with Gasteiger partial charge in [-0.1, -0.05) is 42.5 Å². The van der Waals surface area contributed by atoms with Crippen LogP contribution in [0.1, 0.15) is 46.5 Å². The lowest BCUT2D eigenvalue weighted by Crippen LogP contribution is -2.44. The number of nitrogens with zero attached hydrogens (tertiary/aromatic N) is 1. The summed E-state index contributed by atoms with van der Waals surface area (Å²) in [5.74, 6) is -0.403. The van der Waals surface area contributed by atoms with Crippen molar-refractivity contribution in [2.75, 3.05) is 7.11 Å². The number of hydrogen-bond donors (Lipinski definition) is 0. The fourth-order valence-electron chi connectivity index (χ4n) is 3.40. The summed E-state index contributed by atoms with van der Waals surface area (Å²) in [7, 11) is -2.12. The molecule has 0 aromatic heterocycles. The molecule has 0 spiro atoms. The second-order valence-electron chi connectivity index (χ2n) is 6.60. The zero-order chi connectivity index (χ0) is 18.7. The van der Waals surface area contributed by atoms with Gasteiger partial charge >= 0.3 is 5.97 Å². The molecule has 1 aliphatic rings. The molecule has 2 atom stereocenters. The molecular weight excluding hydrogens is 350 g/mol. The Hall–Kier alpha value is -2.18. The van der Waals surface area contributed by atoms with Gasteiger partial charge in [0.1, 0.15) is 5.25 Å². The van der Waals surface area contributed by atoms with E-state index in [4.69, 9.17) is 4.74 Å². The Morgan fingerprint density at radius 1 is 1.08 bits per heavy atom. The smallest absolute Gasteiger partial charge is 0.337 e. The van der Waals surface area contributed by atoms with Gasteiger partial charge < -0.3 is 4.74 Å². The average molecular weight is 373 g/mol. The number of benzene rings is 2. The van der Waals surface area contributed by atoms with Crippen LogP contribution in [0.4, 0.5) is 0 Å². The third kappa shape index (κ3) is 3.66. The molecule has 3 rings (SSSR count). The van der Waals surface area contributed by atoms with E-state index in [9.17, 15) is 13.2 Å². The monoisotopic (exact) mass is 373 g/mol. The average Bonchev–Trinajstić information content (AvgIpc) is 2.65. The third-order valence-electron chi connectivity index (χ3n) is 4.91. The molecule has 1 aliphatic heterocycles. The highest BCUT2D eigenvalue weighted by atomic mass is 32.2. The summed E-state index contributed by atoms with van der Waals surface area (Å²) in [5, 5.41) is -0.505. The summed E-state index contributed by atoms with van der Waals surface area (Å²) in [4.78, 5) is 11.5. The van der Waals surface area contributed by atoms with E-state index in [-0.39, 0.29) is 6.04 Å². The summed E-state index contributed by atoms with van der Waals surface area (Å²) < 4.78 is 32.7. The number of methoxy groups -OCH3 is 1. The van der Waals surface area contributed by atoms with Crippen LogP contribution in [0.2, 0.25) is 0 Å². The Kier molecular flexibility index (Phi) is 5.44. The van der Waals surface area contributed by atoms with E-state index in [2.05, 4.69) is 0 Å². The first kappa shape index (κ1) is 18.6. The Morgan fingerprint density at radius 2 is 1.73 bits per heavy atom. The molecule has 1 unspecified atom stereocenters. The van der Waals surface area contributed by atoms with Crippen molar-refractivity contribution in [1.29, 1.82) is 0 Å². The van der Waals surface area contributed by atoms with Crippen molar-refractivity contribution in [3.63, 3.8) is 0 Å². The molecule has 2 aromatic rings. The molecule has 0 radical (unpaired) electrons. The van der Waals surface area contributed by atoms with Crippen LogP contribution >= 0.6 is 0 Å². The molecular formula is C20H23NO4S. The van der Waals surface area contributed by atoms with Crippen LogP contribution < -0.4 is 0 Å². The summed E-state index contributed by atoms with van der Waals surface area (Å²) in [6, 6.07) is 16.2. The van der Waals surface area contributed by atoms with Crippen molar-refractivity contribution in [1.82, 2.24) is 4.31 Å². The van der Waals surface area contributed by atoms with Crippen molar-refractivity contribution in [3.8, 4) is 0 Å². The highest BCUT2D eigenvalue weighted by Crippen LogP contribution is 2.37. The lowest BCUT2D eigenvalue weighted by molar-refractivity contribution is 0.0600. The first-order valence-corrected chi connectivity index (χ1v) is 10.2. The van der Waals surface area contributed by atoms with E-state index in [1.54, 1.807) is 28.6 Å². The van der Waals surface area contributed by atoms with Crippen LogP contribution in [0, 0.1) is 0 Å². The molecule has 1 fully saturated rings. The van der Waals surface area contributed by atoms with Crippen molar-refractivity contribution in [2.45, 2.75) is 37.6 Å². The number of carbonyl (C=O) groups is 1. The Morgan fingerprint density at radius 3 is 2.35 bits per heavy atom. The first-order valence-electron chi connectivity index (χ1n) is 8.66. The van der Waals surface area contributed by atoms with E-state index in [0.29, 0.717) is 18.5 Å². The molecule has 6 heteroatoms. The maximum Gasteiger partial charge on any atom is 0.337 e. The highest BCUT2D eigenvalue weighted by molar-refractivity contribution is 7.89. The normalized spacial score (nSPS) is 22.7. The number of ether oxygens (including phenoxy) is 1. The zero-order valence-electron chi connectivity index (χ0n) is 15.0. The SMILES string of the molecule is COC(=O)c1ccc(CN2C(C)CC[C@@H](c3ccccc3)S2(=O)=O)cc1. The van der Waals surface area contributed by atoms with Crippen molar-refractivity contribution < 1.29 is 17.9 Å². The van der Waals surface area contributed by atoms with Gasteiger partial charge in [-0.2, -0.15) is 4.31 Å². The molecule has 2 aromatic carbocycles. The third-order valence-corrected chi connectivity index (χ3v) is 7.28. The summed E-state index contributed by atoms with van der Waals surface area (Å²) in [6.07, 6.45) is 1.45. The van der Waals surface area contributed by atoms with Gasteiger partial charge in [-0.05, 0) is 43.0 Å². The number of hydrogen-bond acceptors (Lipinski definition) is 4. The molecule has 138 valence electrons. The van der Waals surface area contributed by atoms with Crippen molar-refractivity contribution >= 4 is 16.0 Å². The van der Waals surface area contributed by atoms with E-state index in [1.165, 1.54) is 7.11 Å². The lowest BCUT2D eigenvalue weighted by atomic mass is 10.0. The van der Waals surface area contributed by atoms with Crippen LogP contribution in [0.5, 0.6) is 0 Å². The van der Waals surface area contributed by atoms with Crippen LogP contribution in [0.15, 0.2) is 54.6 Å². The summed E-state index contributed by atoms with van der Waals surface area (Å²) in [5.41, 5.74) is 2.14. The molecule has 1 heterocycles. The molecule has 0 aliphatic carbocycles.